The molecule has 2 aliphatic rings. The minimum atomic E-state index is -0.456. The van der Waals surface area contributed by atoms with Crippen LogP contribution in [0.25, 0.3) is 0 Å². The van der Waals surface area contributed by atoms with Gasteiger partial charge in [-0.05, 0) is 60.2 Å². The zero-order chi connectivity index (χ0) is 22.0. The van der Waals surface area contributed by atoms with Crippen molar-refractivity contribution in [1.82, 2.24) is 4.90 Å². The highest BCUT2D eigenvalue weighted by atomic mass is 19.1. The first-order valence-electron chi connectivity index (χ1n) is 10.5. The van der Waals surface area contributed by atoms with Gasteiger partial charge >= 0.3 is 0 Å². The van der Waals surface area contributed by atoms with Crippen LogP contribution in [-0.4, -0.2) is 51.8 Å². The molecule has 1 spiro atoms. The lowest BCUT2D eigenvalue weighted by Crippen LogP contribution is -2.48. The van der Waals surface area contributed by atoms with E-state index in [1.807, 2.05) is 17.0 Å². The monoisotopic (exact) mass is 429 g/mol. The maximum Gasteiger partial charge on any atom is 0.226 e. The van der Waals surface area contributed by atoms with E-state index in [4.69, 9.17) is 18.9 Å². The Morgan fingerprint density at radius 1 is 1.03 bits per heavy atom. The topological polar surface area (TPSA) is 57.2 Å². The molecule has 166 valence electrons. The van der Waals surface area contributed by atoms with E-state index in [1.165, 1.54) is 18.7 Å². The van der Waals surface area contributed by atoms with Crippen molar-refractivity contribution in [1.29, 1.82) is 0 Å². The summed E-state index contributed by atoms with van der Waals surface area (Å²) < 4.78 is 36.1. The van der Waals surface area contributed by atoms with Crippen molar-refractivity contribution in [2.75, 3.05) is 41.0 Å². The van der Waals surface area contributed by atoms with Gasteiger partial charge in [0.05, 0.1) is 40.0 Å². The molecule has 0 N–H and O–H groups in total. The number of hydrogen-bond donors (Lipinski definition) is 0. The summed E-state index contributed by atoms with van der Waals surface area (Å²) in [6, 6.07) is 8.70. The Morgan fingerprint density at radius 2 is 1.71 bits per heavy atom. The number of benzene rings is 2. The second-order valence-corrected chi connectivity index (χ2v) is 7.98. The van der Waals surface area contributed by atoms with E-state index < -0.39 is 11.4 Å². The Morgan fingerprint density at radius 3 is 2.35 bits per heavy atom. The van der Waals surface area contributed by atoms with E-state index in [-0.39, 0.29) is 18.1 Å². The maximum atomic E-state index is 14.0. The number of rotatable bonds is 5. The van der Waals surface area contributed by atoms with Crippen LogP contribution in [0.1, 0.15) is 29.5 Å². The van der Waals surface area contributed by atoms with E-state index >= 15 is 0 Å². The van der Waals surface area contributed by atoms with Gasteiger partial charge < -0.3 is 23.8 Å². The fourth-order valence-corrected chi connectivity index (χ4v) is 4.62. The number of fused-ring (bicyclic) bond motifs is 2. The zero-order valence-corrected chi connectivity index (χ0v) is 18.2. The highest BCUT2D eigenvalue weighted by Gasteiger charge is 2.42. The average molecular weight is 429 g/mol. The number of methoxy groups -OCH3 is 3. The van der Waals surface area contributed by atoms with Gasteiger partial charge in [0, 0.05) is 13.1 Å². The maximum absolute atomic E-state index is 14.0. The smallest absolute Gasteiger partial charge is 0.226 e. The van der Waals surface area contributed by atoms with Gasteiger partial charge in [0.1, 0.15) is 0 Å². The summed E-state index contributed by atoms with van der Waals surface area (Å²) in [5, 5.41) is 0. The quantitative estimate of drug-likeness (QED) is 0.728. The Bertz CT molecular complexity index is 969. The molecule has 0 saturated carbocycles. The summed E-state index contributed by atoms with van der Waals surface area (Å²) >= 11 is 0. The van der Waals surface area contributed by atoms with Crippen molar-refractivity contribution in [2.24, 2.45) is 0 Å². The lowest BCUT2D eigenvalue weighted by Gasteiger charge is -2.45. The third kappa shape index (κ3) is 4.06. The van der Waals surface area contributed by atoms with Gasteiger partial charge in [0.25, 0.3) is 0 Å². The molecule has 1 saturated heterocycles. The molecule has 7 heteroatoms. The molecule has 0 bridgehead atoms. The number of amides is 1. The van der Waals surface area contributed by atoms with Gasteiger partial charge in [0.2, 0.25) is 5.91 Å². The number of hydrogen-bond acceptors (Lipinski definition) is 5. The molecule has 1 fully saturated rings. The Hall–Kier alpha value is -2.80. The van der Waals surface area contributed by atoms with E-state index in [0.717, 1.165) is 17.7 Å². The average Bonchev–Trinajstić information content (AvgIpc) is 2.79. The van der Waals surface area contributed by atoms with Gasteiger partial charge in [-0.25, -0.2) is 4.39 Å². The summed E-state index contributed by atoms with van der Waals surface area (Å²) in [6.45, 7) is 1.82. The fourth-order valence-electron chi connectivity index (χ4n) is 4.62. The van der Waals surface area contributed by atoms with Crippen LogP contribution in [0.15, 0.2) is 30.3 Å². The summed E-state index contributed by atoms with van der Waals surface area (Å²) in [7, 11) is 4.69. The largest absolute Gasteiger partial charge is 0.494 e. The van der Waals surface area contributed by atoms with Gasteiger partial charge in [-0.1, -0.05) is 6.07 Å². The molecular weight excluding hydrogens is 401 g/mol. The van der Waals surface area contributed by atoms with Gasteiger partial charge in [-0.3, -0.25) is 4.79 Å². The van der Waals surface area contributed by atoms with E-state index in [2.05, 4.69) is 0 Å². The van der Waals surface area contributed by atoms with Crippen LogP contribution in [0.5, 0.6) is 17.2 Å². The molecule has 31 heavy (non-hydrogen) atoms. The lowest BCUT2D eigenvalue weighted by molar-refractivity contribution is -0.140. The van der Waals surface area contributed by atoms with Crippen molar-refractivity contribution in [3.8, 4) is 17.2 Å². The molecule has 2 aromatic rings. The van der Waals surface area contributed by atoms with Crippen LogP contribution in [0.2, 0.25) is 0 Å². The van der Waals surface area contributed by atoms with Crippen LogP contribution in [0.3, 0.4) is 0 Å². The minimum absolute atomic E-state index is 0.0113. The van der Waals surface area contributed by atoms with Crippen LogP contribution in [-0.2, 0) is 28.0 Å². The number of halogens is 1. The van der Waals surface area contributed by atoms with E-state index in [1.54, 1.807) is 26.4 Å². The van der Waals surface area contributed by atoms with Gasteiger partial charge in [0.15, 0.2) is 23.1 Å². The fraction of sp³-hybridized carbons (Fsp3) is 0.458. The standard InChI is InChI=1S/C24H28FNO5/c1-28-20-5-4-16(12-19(20)25)13-23(27)26-9-7-24(8-10-26)18-15-22(30-3)21(29-2)14-17(18)6-11-31-24/h4-5,12,14-15H,6-11,13H2,1-3H3. The second kappa shape index (κ2) is 8.75. The summed E-state index contributed by atoms with van der Waals surface area (Å²) in [6.07, 6.45) is 2.40. The first-order valence-corrected chi connectivity index (χ1v) is 10.5. The Balaban J connectivity index is 1.47. The molecule has 4 rings (SSSR count). The van der Waals surface area contributed by atoms with Crippen molar-refractivity contribution >= 4 is 5.91 Å². The second-order valence-electron chi connectivity index (χ2n) is 7.98. The number of piperidine rings is 1. The predicted octanol–water partition coefficient (Wildman–Crippen LogP) is 3.48. The first kappa shape index (κ1) is 21.4. The molecule has 0 aliphatic carbocycles. The molecular formula is C24H28FNO5. The van der Waals surface area contributed by atoms with Crippen molar-refractivity contribution in [3.05, 3.63) is 52.8 Å². The number of ether oxygens (including phenoxy) is 4. The van der Waals surface area contributed by atoms with Gasteiger partial charge in [-0.15, -0.1) is 0 Å². The number of carbonyl (C=O) groups is 1. The molecule has 0 radical (unpaired) electrons. The summed E-state index contributed by atoms with van der Waals surface area (Å²) in [4.78, 5) is 14.7. The third-order valence-electron chi connectivity index (χ3n) is 6.35. The van der Waals surface area contributed by atoms with Crippen molar-refractivity contribution < 1.29 is 28.1 Å². The highest BCUT2D eigenvalue weighted by Crippen LogP contribution is 2.45. The molecule has 2 heterocycles. The van der Waals surface area contributed by atoms with Crippen LogP contribution >= 0.6 is 0 Å². The summed E-state index contributed by atoms with van der Waals surface area (Å²) in [5.41, 5.74) is 2.55. The number of likely N-dealkylation sites (tertiary alicyclic amines) is 1. The zero-order valence-electron chi connectivity index (χ0n) is 18.2. The molecule has 0 aromatic heterocycles. The Labute approximate surface area is 181 Å². The third-order valence-corrected chi connectivity index (χ3v) is 6.35. The van der Waals surface area contributed by atoms with E-state index in [9.17, 15) is 9.18 Å². The molecule has 0 unspecified atom stereocenters. The van der Waals surface area contributed by atoms with Crippen LogP contribution in [0.4, 0.5) is 4.39 Å². The van der Waals surface area contributed by atoms with Crippen LogP contribution in [0, 0.1) is 5.82 Å². The SMILES string of the molecule is COc1ccc(CC(=O)N2CCC3(CC2)OCCc2cc(OC)c(OC)cc23)cc1F. The molecule has 0 atom stereocenters. The first-order chi connectivity index (χ1) is 15.0. The summed E-state index contributed by atoms with van der Waals surface area (Å²) in [5.74, 6) is 1.12. The highest BCUT2D eigenvalue weighted by molar-refractivity contribution is 5.79. The van der Waals surface area contributed by atoms with Gasteiger partial charge in [-0.2, -0.15) is 0 Å². The van der Waals surface area contributed by atoms with E-state index in [0.29, 0.717) is 43.9 Å². The predicted molar refractivity (Wildman–Crippen MR) is 113 cm³/mol. The molecule has 2 aromatic carbocycles. The van der Waals surface area contributed by atoms with Crippen molar-refractivity contribution in [3.63, 3.8) is 0 Å². The lowest BCUT2D eigenvalue weighted by atomic mass is 9.79. The molecule has 6 nitrogen and oxygen atoms in total. The normalized spacial score (nSPS) is 17.2. The Kier molecular flexibility index (Phi) is 6.05. The molecule has 2 aliphatic heterocycles. The van der Waals surface area contributed by atoms with Crippen LogP contribution < -0.4 is 14.2 Å². The number of carbonyl (C=O) groups excluding carboxylic acids is 1. The van der Waals surface area contributed by atoms with Crippen molar-refractivity contribution in [2.45, 2.75) is 31.3 Å². The molecule has 1 amide bonds. The minimum Gasteiger partial charge on any atom is -0.494 e. The number of nitrogens with zero attached hydrogens (tertiary/aromatic N) is 1.